The Morgan fingerprint density at radius 1 is 0.868 bits per heavy atom. The van der Waals surface area contributed by atoms with Gasteiger partial charge in [-0.2, -0.15) is 0 Å². The summed E-state index contributed by atoms with van der Waals surface area (Å²) in [5.74, 6) is 0.392. The number of piperidine rings is 1. The molecule has 38 heavy (non-hydrogen) atoms. The quantitative estimate of drug-likeness (QED) is 0.359. The summed E-state index contributed by atoms with van der Waals surface area (Å²) in [5, 5.41) is 0. The molecule has 0 aliphatic carbocycles. The molecule has 3 aromatic rings. The van der Waals surface area contributed by atoms with Crippen molar-refractivity contribution in [1.29, 1.82) is 0 Å². The molecule has 1 saturated heterocycles. The average Bonchev–Trinajstić information content (AvgIpc) is 2.89. The number of carbonyl (C=O) groups excluding carboxylic acids is 1. The van der Waals surface area contributed by atoms with Gasteiger partial charge in [0.15, 0.2) is 0 Å². The molecule has 0 bridgehead atoms. The van der Waals surface area contributed by atoms with Gasteiger partial charge in [-0.15, -0.1) is 11.8 Å². The number of carbonyl (C=O) groups is 1. The Hall–Kier alpha value is -3.02. The van der Waals surface area contributed by atoms with Crippen molar-refractivity contribution in [3.8, 4) is 0 Å². The SMILES string of the molecule is CSc1ccc(S(=O)(=O)Nc2ccc(S(=O)(=O)Nc3ccccc3C)cc2)cc1C(=O)N1CCC(C)CC1. The van der Waals surface area contributed by atoms with Gasteiger partial charge in [0.25, 0.3) is 26.0 Å². The normalized spacial score (nSPS) is 14.8. The molecule has 0 spiro atoms. The van der Waals surface area contributed by atoms with Crippen molar-refractivity contribution >= 4 is 49.1 Å². The van der Waals surface area contributed by atoms with E-state index in [1.54, 1.807) is 36.1 Å². The predicted octanol–water partition coefficient (Wildman–Crippen LogP) is 5.19. The Bertz CT molecular complexity index is 1530. The van der Waals surface area contributed by atoms with Crippen LogP contribution in [0.3, 0.4) is 0 Å². The van der Waals surface area contributed by atoms with Gasteiger partial charge in [-0.1, -0.05) is 25.1 Å². The van der Waals surface area contributed by atoms with Gasteiger partial charge in [0, 0.05) is 23.7 Å². The Morgan fingerprint density at radius 3 is 2.11 bits per heavy atom. The minimum absolute atomic E-state index is 0.00300. The molecule has 1 heterocycles. The van der Waals surface area contributed by atoms with Crippen LogP contribution in [0.15, 0.2) is 81.4 Å². The highest BCUT2D eigenvalue weighted by atomic mass is 32.2. The van der Waals surface area contributed by atoms with Crippen LogP contribution >= 0.6 is 11.8 Å². The van der Waals surface area contributed by atoms with Gasteiger partial charge in [-0.25, -0.2) is 16.8 Å². The summed E-state index contributed by atoms with van der Waals surface area (Å²) in [6.45, 7) is 5.26. The molecule has 0 saturated carbocycles. The molecule has 0 atom stereocenters. The highest BCUT2D eigenvalue weighted by Crippen LogP contribution is 2.28. The van der Waals surface area contributed by atoms with Crippen molar-refractivity contribution < 1.29 is 21.6 Å². The van der Waals surface area contributed by atoms with Crippen molar-refractivity contribution in [2.45, 2.75) is 41.4 Å². The standard InChI is InChI=1S/C27H31N3O5S3/c1-19-14-16-30(17-15-19)27(31)24-18-23(12-13-26(24)36-3)38(34,35)28-21-8-10-22(11-9-21)37(32,33)29-25-7-5-4-6-20(25)2/h4-13,18-19,28-29H,14-17H2,1-3H3. The fourth-order valence-corrected chi connectivity index (χ4v) is 7.00. The second-order valence-corrected chi connectivity index (χ2v) is 13.6. The molecule has 0 radical (unpaired) electrons. The van der Waals surface area contributed by atoms with Crippen molar-refractivity contribution in [3.63, 3.8) is 0 Å². The molecule has 2 N–H and O–H groups in total. The molecule has 1 aliphatic heterocycles. The van der Waals surface area contributed by atoms with Gasteiger partial charge in [0.1, 0.15) is 0 Å². The first-order valence-electron chi connectivity index (χ1n) is 12.2. The second-order valence-electron chi connectivity index (χ2n) is 9.39. The van der Waals surface area contributed by atoms with E-state index in [-0.39, 0.29) is 21.4 Å². The van der Waals surface area contributed by atoms with Gasteiger partial charge in [0.05, 0.1) is 21.0 Å². The number of nitrogens with one attached hydrogen (secondary N) is 2. The van der Waals surface area contributed by atoms with Crippen molar-refractivity contribution in [2.24, 2.45) is 5.92 Å². The van der Waals surface area contributed by atoms with Gasteiger partial charge < -0.3 is 4.90 Å². The number of anilines is 2. The molecule has 0 unspecified atom stereocenters. The van der Waals surface area contributed by atoms with Crippen LogP contribution in [0.4, 0.5) is 11.4 Å². The molecule has 4 rings (SSSR count). The first kappa shape index (κ1) is 28.0. The lowest BCUT2D eigenvalue weighted by atomic mass is 9.98. The van der Waals surface area contributed by atoms with E-state index in [1.165, 1.54) is 48.2 Å². The first-order valence-corrected chi connectivity index (χ1v) is 16.4. The Kier molecular flexibility index (Phi) is 8.39. The lowest BCUT2D eigenvalue weighted by molar-refractivity contribution is 0.0693. The summed E-state index contributed by atoms with van der Waals surface area (Å²) in [7, 11) is -7.89. The zero-order chi connectivity index (χ0) is 27.5. The second kappa shape index (κ2) is 11.4. The maximum Gasteiger partial charge on any atom is 0.261 e. The van der Waals surface area contributed by atoms with Crippen LogP contribution in [0, 0.1) is 12.8 Å². The van der Waals surface area contributed by atoms with Crippen LogP contribution in [-0.4, -0.2) is 47.0 Å². The number of nitrogens with zero attached hydrogens (tertiary/aromatic N) is 1. The molecule has 202 valence electrons. The third kappa shape index (κ3) is 6.33. The van der Waals surface area contributed by atoms with Crippen LogP contribution in [0.5, 0.6) is 0 Å². The number of hydrogen-bond donors (Lipinski definition) is 2. The number of likely N-dealkylation sites (tertiary alicyclic amines) is 1. The molecule has 1 aliphatic rings. The topological polar surface area (TPSA) is 113 Å². The number of thioether (sulfide) groups is 1. The molecular weight excluding hydrogens is 543 g/mol. The molecule has 8 nitrogen and oxygen atoms in total. The highest BCUT2D eigenvalue weighted by molar-refractivity contribution is 7.98. The van der Waals surface area contributed by atoms with Crippen LogP contribution < -0.4 is 9.44 Å². The number of hydrogen-bond acceptors (Lipinski definition) is 6. The highest BCUT2D eigenvalue weighted by Gasteiger charge is 2.25. The van der Waals surface area contributed by atoms with E-state index < -0.39 is 20.0 Å². The van der Waals surface area contributed by atoms with Crippen LogP contribution in [0.2, 0.25) is 0 Å². The van der Waals surface area contributed by atoms with E-state index in [1.807, 2.05) is 12.3 Å². The summed E-state index contributed by atoms with van der Waals surface area (Å²) in [5.41, 5.74) is 1.81. The lowest BCUT2D eigenvalue weighted by Gasteiger charge is -2.30. The van der Waals surface area contributed by atoms with Crippen LogP contribution in [-0.2, 0) is 20.0 Å². The minimum atomic E-state index is -4.03. The number of para-hydroxylation sites is 1. The Morgan fingerprint density at radius 2 is 1.47 bits per heavy atom. The van der Waals surface area contributed by atoms with Gasteiger partial charge in [-0.3, -0.25) is 14.2 Å². The molecule has 1 fully saturated rings. The first-order chi connectivity index (χ1) is 18.0. The average molecular weight is 574 g/mol. The monoisotopic (exact) mass is 573 g/mol. The fourth-order valence-electron chi connectivity index (χ4n) is 4.21. The summed E-state index contributed by atoms with van der Waals surface area (Å²) in [6, 6.07) is 17.0. The van der Waals surface area contributed by atoms with Gasteiger partial charge >= 0.3 is 0 Å². The maximum atomic E-state index is 13.2. The zero-order valence-electron chi connectivity index (χ0n) is 21.5. The fraction of sp³-hybridized carbons (Fsp3) is 0.296. The summed E-state index contributed by atoms with van der Waals surface area (Å²) < 4.78 is 57.0. The summed E-state index contributed by atoms with van der Waals surface area (Å²) in [4.78, 5) is 15.7. The van der Waals surface area contributed by atoms with Crippen LogP contribution in [0.1, 0.15) is 35.7 Å². The molecule has 11 heteroatoms. The third-order valence-electron chi connectivity index (χ3n) is 6.59. The van der Waals surface area contributed by atoms with E-state index >= 15 is 0 Å². The number of rotatable bonds is 8. The van der Waals surface area contributed by atoms with Gasteiger partial charge in [-0.05, 0) is 86.0 Å². The minimum Gasteiger partial charge on any atom is -0.339 e. The lowest BCUT2D eigenvalue weighted by Crippen LogP contribution is -2.38. The van der Waals surface area contributed by atoms with Crippen molar-refractivity contribution in [2.75, 3.05) is 28.8 Å². The smallest absolute Gasteiger partial charge is 0.261 e. The van der Waals surface area contributed by atoms with E-state index in [0.29, 0.717) is 35.2 Å². The van der Waals surface area contributed by atoms with Gasteiger partial charge in [0.2, 0.25) is 0 Å². The van der Waals surface area contributed by atoms with Crippen molar-refractivity contribution in [1.82, 2.24) is 4.90 Å². The summed E-state index contributed by atoms with van der Waals surface area (Å²) >= 11 is 1.39. The van der Waals surface area contributed by atoms with Crippen LogP contribution in [0.25, 0.3) is 0 Å². The number of amides is 1. The number of sulfonamides is 2. The predicted molar refractivity (Wildman–Crippen MR) is 152 cm³/mol. The Balaban J connectivity index is 1.53. The molecule has 1 amide bonds. The molecule has 3 aromatic carbocycles. The third-order valence-corrected chi connectivity index (χ3v) is 10.1. The van der Waals surface area contributed by atoms with E-state index in [4.69, 9.17) is 0 Å². The number of benzene rings is 3. The largest absolute Gasteiger partial charge is 0.339 e. The molecular formula is C27H31N3O5S3. The summed E-state index contributed by atoms with van der Waals surface area (Å²) in [6.07, 6.45) is 3.69. The maximum absolute atomic E-state index is 13.2. The van der Waals surface area contributed by atoms with E-state index in [0.717, 1.165) is 18.4 Å². The number of aryl methyl sites for hydroxylation is 1. The van der Waals surface area contributed by atoms with Crippen molar-refractivity contribution in [3.05, 3.63) is 77.9 Å². The molecule has 0 aromatic heterocycles. The Labute approximate surface area is 228 Å². The zero-order valence-corrected chi connectivity index (χ0v) is 23.9. The van der Waals surface area contributed by atoms with E-state index in [2.05, 4.69) is 16.4 Å². The van der Waals surface area contributed by atoms with E-state index in [9.17, 15) is 21.6 Å².